The molecule has 1 aliphatic heterocycles. The smallest absolute Gasteiger partial charge is 0.230 e. The van der Waals surface area contributed by atoms with Crippen LogP contribution in [-0.2, 0) is 4.79 Å². The van der Waals surface area contributed by atoms with Gasteiger partial charge in [-0.15, -0.1) is 0 Å². The number of halogens is 3. The number of nitrogens with one attached hydrogen (secondary N) is 2. The van der Waals surface area contributed by atoms with Crippen molar-refractivity contribution in [3.8, 4) is 0 Å². The molecule has 21 heavy (non-hydrogen) atoms. The molecule has 0 aliphatic carbocycles. The van der Waals surface area contributed by atoms with Crippen molar-refractivity contribution in [3.63, 3.8) is 0 Å². The molecule has 3 nitrogen and oxygen atoms in total. The van der Waals surface area contributed by atoms with Gasteiger partial charge in [-0.3, -0.25) is 4.79 Å². The van der Waals surface area contributed by atoms with Crippen LogP contribution in [0.3, 0.4) is 0 Å². The monoisotopic (exact) mass is 348 g/mol. The Hall–Kier alpha value is -0.480. The average Bonchev–Trinajstić information content (AvgIpc) is 2.44. The normalized spacial score (nSPS) is 17.5. The molecule has 1 aromatic rings. The van der Waals surface area contributed by atoms with Gasteiger partial charge in [0.25, 0.3) is 0 Å². The van der Waals surface area contributed by atoms with Crippen LogP contribution >= 0.6 is 34.8 Å². The maximum absolute atomic E-state index is 12.8. The van der Waals surface area contributed by atoms with Gasteiger partial charge >= 0.3 is 0 Å². The molecule has 116 valence electrons. The van der Waals surface area contributed by atoms with Crippen molar-refractivity contribution in [3.05, 3.63) is 27.2 Å². The fraction of sp³-hybridized carbons (Fsp3) is 0.533. The Bertz CT molecular complexity index is 499. The van der Waals surface area contributed by atoms with Gasteiger partial charge in [-0.1, -0.05) is 48.1 Å². The minimum Gasteiger partial charge on any atom is -0.323 e. The van der Waals surface area contributed by atoms with E-state index in [0.29, 0.717) is 20.8 Å². The van der Waals surface area contributed by atoms with Crippen molar-refractivity contribution in [2.45, 2.75) is 32.6 Å². The summed E-state index contributed by atoms with van der Waals surface area (Å²) in [7, 11) is 0. The minimum absolute atomic E-state index is 0.00280. The fourth-order valence-electron chi connectivity index (χ4n) is 2.88. The van der Waals surface area contributed by atoms with E-state index in [9.17, 15) is 4.79 Å². The minimum atomic E-state index is -0.341. The van der Waals surface area contributed by atoms with Crippen LogP contribution in [0.4, 0.5) is 5.69 Å². The van der Waals surface area contributed by atoms with Crippen molar-refractivity contribution < 1.29 is 4.79 Å². The molecule has 0 aromatic heterocycles. The first-order valence-corrected chi connectivity index (χ1v) is 8.28. The van der Waals surface area contributed by atoms with Gasteiger partial charge in [0.15, 0.2) is 0 Å². The molecule has 6 heteroatoms. The Kier molecular flexibility index (Phi) is 5.78. The SMILES string of the molecule is CCCC1(C(=O)Nc2c(Cl)cc(Cl)cc2Cl)CCNCC1. The molecule has 1 saturated heterocycles. The highest BCUT2D eigenvalue weighted by Gasteiger charge is 2.38. The molecule has 1 amide bonds. The molecule has 1 fully saturated rings. The highest BCUT2D eigenvalue weighted by atomic mass is 35.5. The lowest BCUT2D eigenvalue weighted by Gasteiger charge is -2.36. The molecular formula is C15H19Cl3N2O. The van der Waals surface area contributed by atoms with Gasteiger partial charge in [0.05, 0.1) is 21.1 Å². The number of anilines is 1. The Labute approximate surface area is 140 Å². The van der Waals surface area contributed by atoms with Crippen molar-refractivity contribution in [2.24, 2.45) is 5.41 Å². The third-order valence-electron chi connectivity index (χ3n) is 4.02. The molecule has 1 heterocycles. The molecule has 0 atom stereocenters. The number of carbonyl (C=O) groups is 1. The molecule has 0 bridgehead atoms. The van der Waals surface area contributed by atoms with Gasteiger partial charge in [0.2, 0.25) is 5.91 Å². The zero-order chi connectivity index (χ0) is 15.5. The summed E-state index contributed by atoms with van der Waals surface area (Å²) < 4.78 is 0. The van der Waals surface area contributed by atoms with E-state index in [2.05, 4.69) is 17.6 Å². The summed E-state index contributed by atoms with van der Waals surface area (Å²) in [6, 6.07) is 3.17. The lowest BCUT2D eigenvalue weighted by molar-refractivity contribution is -0.127. The van der Waals surface area contributed by atoms with E-state index >= 15 is 0 Å². The largest absolute Gasteiger partial charge is 0.323 e. The van der Waals surface area contributed by atoms with Crippen LogP contribution in [0.2, 0.25) is 15.1 Å². The zero-order valence-electron chi connectivity index (χ0n) is 11.9. The Morgan fingerprint density at radius 2 is 1.81 bits per heavy atom. The van der Waals surface area contributed by atoms with Gasteiger partial charge < -0.3 is 10.6 Å². The number of piperidine rings is 1. The number of hydrogen-bond acceptors (Lipinski definition) is 2. The highest BCUT2D eigenvalue weighted by Crippen LogP contribution is 2.39. The maximum Gasteiger partial charge on any atom is 0.230 e. The van der Waals surface area contributed by atoms with E-state index in [1.807, 2.05) is 0 Å². The fourth-order valence-corrected chi connectivity index (χ4v) is 3.79. The van der Waals surface area contributed by atoms with Crippen molar-refractivity contribution in [1.82, 2.24) is 5.32 Å². The van der Waals surface area contributed by atoms with Crippen molar-refractivity contribution in [2.75, 3.05) is 18.4 Å². The number of rotatable bonds is 4. The van der Waals surface area contributed by atoms with E-state index in [-0.39, 0.29) is 11.3 Å². The lowest BCUT2D eigenvalue weighted by Crippen LogP contribution is -2.44. The molecule has 0 spiro atoms. The molecular weight excluding hydrogens is 331 g/mol. The number of amides is 1. The van der Waals surface area contributed by atoms with Crippen LogP contribution in [0.1, 0.15) is 32.6 Å². The topological polar surface area (TPSA) is 41.1 Å². The summed E-state index contributed by atoms with van der Waals surface area (Å²) in [6.45, 7) is 3.81. The van der Waals surface area contributed by atoms with Crippen LogP contribution in [0.15, 0.2) is 12.1 Å². The van der Waals surface area contributed by atoms with Crippen LogP contribution in [0, 0.1) is 5.41 Å². The summed E-state index contributed by atoms with van der Waals surface area (Å²) in [5.41, 5.74) is 0.105. The predicted octanol–water partition coefficient (Wildman–Crippen LogP) is 4.76. The second-order valence-corrected chi connectivity index (χ2v) is 6.73. The van der Waals surface area contributed by atoms with Gasteiger partial charge in [0.1, 0.15) is 0 Å². The quantitative estimate of drug-likeness (QED) is 0.823. The van der Waals surface area contributed by atoms with Gasteiger partial charge in [-0.25, -0.2) is 0 Å². The number of hydrogen-bond donors (Lipinski definition) is 2. The van der Waals surface area contributed by atoms with Crippen molar-refractivity contribution >= 4 is 46.4 Å². The third kappa shape index (κ3) is 3.84. The van der Waals surface area contributed by atoms with Crippen LogP contribution in [0.25, 0.3) is 0 Å². The average molecular weight is 350 g/mol. The molecule has 0 unspecified atom stereocenters. The van der Waals surface area contributed by atoms with Gasteiger partial charge in [0, 0.05) is 5.02 Å². The van der Waals surface area contributed by atoms with Crippen LogP contribution in [-0.4, -0.2) is 19.0 Å². The first-order valence-electron chi connectivity index (χ1n) is 7.15. The van der Waals surface area contributed by atoms with Crippen LogP contribution < -0.4 is 10.6 Å². The second kappa shape index (κ2) is 7.19. The molecule has 0 saturated carbocycles. The van der Waals surface area contributed by atoms with E-state index in [0.717, 1.165) is 38.8 Å². The molecule has 0 radical (unpaired) electrons. The van der Waals surface area contributed by atoms with Gasteiger partial charge in [-0.05, 0) is 44.5 Å². The van der Waals surface area contributed by atoms with E-state index in [1.54, 1.807) is 12.1 Å². The first kappa shape index (κ1) is 16.9. The third-order valence-corrected chi connectivity index (χ3v) is 4.83. The van der Waals surface area contributed by atoms with E-state index < -0.39 is 0 Å². The molecule has 1 aromatic carbocycles. The van der Waals surface area contributed by atoms with E-state index in [4.69, 9.17) is 34.8 Å². The molecule has 2 N–H and O–H groups in total. The standard InChI is InChI=1S/C15H19Cl3N2O/c1-2-3-15(4-6-19-7-5-15)14(21)20-13-11(17)8-10(16)9-12(13)18/h8-9,19H,2-7H2,1H3,(H,20,21). The van der Waals surface area contributed by atoms with Crippen molar-refractivity contribution in [1.29, 1.82) is 0 Å². The molecule has 1 aliphatic rings. The maximum atomic E-state index is 12.8. The Morgan fingerprint density at radius 1 is 1.24 bits per heavy atom. The lowest BCUT2D eigenvalue weighted by atomic mass is 9.74. The Balaban J connectivity index is 2.23. The summed E-state index contributed by atoms with van der Waals surface area (Å²) in [6.07, 6.45) is 3.49. The first-order chi connectivity index (χ1) is 9.98. The number of benzene rings is 1. The Morgan fingerprint density at radius 3 is 2.33 bits per heavy atom. The molecule has 2 rings (SSSR count). The predicted molar refractivity (Wildman–Crippen MR) is 89.5 cm³/mol. The summed E-state index contributed by atoms with van der Waals surface area (Å²) in [5, 5.41) is 7.39. The number of carbonyl (C=O) groups excluding carboxylic acids is 1. The zero-order valence-corrected chi connectivity index (χ0v) is 14.2. The van der Waals surface area contributed by atoms with Gasteiger partial charge in [-0.2, -0.15) is 0 Å². The highest BCUT2D eigenvalue weighted by molar-refractivity contribution is 6.42. The second-order valence-electron chi connectivity index (χ2n) is 5.48. The summed E-state index contributed by atoms with van der Waals surface area (Å²) in [4.78, 5) is 12.8. The van der Waals surface area contributed by atoms with Crippen LogP contribution in [0.5, 0.6) is 0 Å². The van der Waals surface area contributed by atoms with E-state index in [1.165, 1.54) is 0 Å². The summed E-state index contributed by atoms with van der Waals surface area (Å²) in [5.74, 6) is -0.00280. The summed E-state index contributed by atoms with van der Waals surface area (Å²) >= 11 is 18.2.